The van der Waals surface area contributed by atoms with Crippen LogP contribution < -0.4 is 9.46 Å². The smallest absolute Gasteiger partial charge is 0.335 e. The summed E-state index contributed by atoms with van der Waals surface area (Å²) in [6.07, 6.45) is 1.54. The zero-order valence-corrected chi connectivity index (χ0v) is 15.3. The van der Waals surface area contributed by atoms with Crippen LogP contribution in [0, 0.1) is 0 Å². The molecule has 0 saturated heterocycles. The fraction of sp³-hybridized carbons (Fsp3) is 0.118. The topological polar surface area (TPSA) is 123 Å². The second kappa shape index (κ2) is 7.08. The number of hydrogen-bond donors (Lipinski definition) is 2. The number of nitrogens with zero attached hydrogens (tertiary/aromatic N) is 3. The number of hydrogen-bond acceptors (Lipinski definition) is 6. The van der Waals surface area contributed by atoms with Crippen molar-refractivity contribution in [3.8, 4) is 17.1 Å². The van der Waals surface area contributed by atoms with Gasteiger partial charge in [-0.2, -0.15) is 0 Å². The number of nitrogens with one attached hydrogen (secondary N) is 1. The molecule has 0 spiro atoms. The van der Waals surface area contributed by atoms with Crippen LogP contribution in [0.1, 0.15) is 10.4 Å². The van der Waals surface area contributed by atoms with Crippen LogP contribution in [0.2, 0.25) is 0 Å². The summed E-state index contributed by atoms with van der Waals surface area (Å²) in [5.74, 6) is -0.628. The SMILES string of the molecule is COc1ccc(C(=O)O)cc1S(=O)(=O)Nc1cccc(-c2nncn2C)c1. The largest absolute Gasteiger partial charge is 0.495 e. The van der Waals surface area contributed by atoms with E-state index in [1.165, 1.54) is 25.6 Å². The summed E-state index contributed by atoms with van der Waals surface area (Å²) in [5, 5.41) is 16.9. The van der Waals surface area contributed by atoms with Gasteiger partial charge < -0.3 is 14.4 Å². The van der Waals surface area contributed by atoms with Crippen molar-refractivity contribution in [2.75, 3.05) is 11.8 Å². The molecule has 0 fully saturated rings. The first-order chi connectivity index (χ1) is 12.8. The van der Waals surface area contributed by atoms with Gasteiger partial charge in [-0.05, 0) is 30.3 Å². The summed E-state index contributed by atoms with van der Waals surface area (Å²) in [5.41, 5.74) is 0.795. The second-order valence-electron chi connectivity index (χ2n) is 5.62. The molecule has 0 bridgehead atoms. The minimum absolute atomic E-state index is 0.0388. The van der Waals surface area contributed by atoms with Crippen molar-refractivity contribution < 1.29 is 23.1 Å². The van der Waals surface area contributed by atoms with Gasteiger partial charge in [-0.3, -0.25) is 4.72 Å². The van der Waals surface area contributed by atoms with E-state index < -0.39 is 16.0 Å². The molecule has 0 atom stereocenters. The van der Waals surface area contributed by atoms with Crippen LogP contribution in [0.3, 0.4) is 0 Å². The van der Waals surface area contributed by atoms with Gasteiger partial charge in [-0.15, -0.1) is 10.2 Å². The van der Waals surface area contributed by atoms with E-state index in [0.29, 0.717) is 17.1 Å². The number of methoxy groups -OCH3 is 1. The standard InChI is InChI=1S/C17H16N4O5S/c1-21-10-18-19-16(21)11-4-3-5-13(8-11)20-27(24,25)15-9-12(17(22)23)6-7-14(15)26-2/h3-10,20H,1-2H3,(H,22,23). The number of anilines is 1. The summed E-state index contributed by atoms with van der Waals surface area (Å²) in [6, 6.07) is 10.2. The Balaban J connectivity index is 1.99. The highest BCUT2D eigenvalue weighted by molar-refractivity contribution is 7.92. The number of aromatic carboxylic acids is 1. The molecule has 27 heavy (non-hydrogen) atoms. The Bertz CT molecular complexity index is 1110. The highest BCUT2D eigenvalue weighted by Gasteiger charge is 2.22. The molecule has 2 N–H and O–H groups in total. The van der Waals surface area contributed by atoms with Crippen LogP contribution in [-0.4, -0.2) is 41.4 Å². The Hall–Kier alpha value is -3.40. The van der Waals surface area contributed by atoms with Gasteiger partial charge in [0.05, 0.1) is 12.7 Å². The van der Waals surface area contributed by atoms with E-state index in [0.717, 1.165) is 6.07 Å². The first kappa shape index (κ1) is 18.4. The molecule has 0 radical (unpaired) electrons. The molecule has 1 aromatic heterocycles. The number of carbonyl (C=O) groups is 1. The molecule has 140 valence electrons. The fourth-order valence-corrected chi connectivity index (χ4v) is 3.74. The Morgan fingerprint density at radius 3 is 2.63 bits per heavy atom. The van der Waals surface area contributed by atoms with E-state index in [-0.39, 0.29) is 16.2 Å². The number of aromatic nitrogens is 3. The summed E-state index contributed by atoms with van der Waals surface area (Å²) < 4.78 is 34.8. The van der Waals surface area contributed by atoms with Gasteiger partial charge in [-0.1, -0.05) is 12.1 Å². The molecule has 0 aliphatic heterocycles. The highest BCUT2D eigenvalue weighted by atomic mass is 32.2. The van der Waals surface area contributed by atoms with Gasteiger partial charge in [0.1, 0.15) is 17.0 Å². The van der Waals surface area contributed by atoms with E-state index in [1.807, 2.05) is 0 Å². The molecule has 0 unspecified atom stereocenters. The summed E-state index contributed by atoms with van der Waals surface area (Å²) in [6.45, 7) is 0. The Labute approximate surface area is 155 Å². The number of ether oxygens (including phenoxy) is 1. The minimum atomic E-state index is -4.09. The van der Waals surface area contributed by atoms with Crippen molar-refractivity contribution in [1.29, 1.82) is 0 Å². The van der Waals surface area contributed by atoms with E-state index in [1.54, 1.807) is 35.9 Å². The molecule has 10 heteroatoms. The first-order valence-corrected chi connectivity index (χ1v) is 9.19. The molecule has 0 amide bonds. The lowest BCUT2D eigenvalue weighted by Gasteiger charge is -2.13. The van der Waals surface area contributed by atoms with Crippen LogP contribution in [0.4, 0.5) is 5.69 Å². The van der Waals surface area contributed by atoms with Gasteiger partial charge in [0.25, 0.3) is 10.0 Å². The van der Waals surface area contributed by atoms with Crippen molar-refractivity contribution >= 4 is 21.7 Å². The molecule has 0 aliphatic rings. The zero-order chi connectivity index (χ0) is 19.6. The Kier molecular flexibility index (Phi) is 4.82. The molecule has 3 rings (SSSR count). The number of carboxylic acid groups (broad SMARTS) is 1. The van der Waals surface area contributed by atoms with Gasteiger partial charge in [0, 0.05) is 18.3 Å². The fourth-order valence-electron chi connectivity index (χ4n) is 2.50. The molecule has 0 aliphatic carbocycles. The second-order valence-corrected chi connectivity index (χ2v) is 7.27. The predicted molar refractivity (Wildman–Crippen MR) is 97.2 cm³/mol. The third-order valence-corrected chi connectivity index (χ3v) is 5.19. The van der Waals surface area contributed by atoms with E-state index in [4.69, 9.17) is 9.84 Å². The monoisotopic (exact) mass is 388 g/mol. The summed E-state index contributed by atoms with van der Waals surface area (Å²) in [4.78, 5) is 10.9. The minimum Gasteiger partial charge on any atom is -0.495 e. The van der Waals surface area contributed by atoms with Crippen LogP contribution in [0.15, 0.2) is 53.7 Å². The average molecular weight is 388 g/mol. The molecular formula is C17H16N4O5S. The van der Waals surface area contributed by atoms with Gasteiger partial charge in [0.15, 0.2) is 5.82 Å². The van der Waals surface area contributed by atoms with Crippen molar-refractivity contribution in [2.45, 2.75) is 4.90 Å². The Morgan fingerprint density at radius 2 is 2.00 bits per heavy atom. The Morgan fingerprint density at radius 1 is 1.22 bits per heavy atom. The lowest BCUT2D eigenvalue weighted by atomic mass is 10.2. The maximum Gasteiger partial charge on any atom is 0.335 e. The van der Waals surface area contributed by atoms with Crippen LogP contribution in [0.5, 0.6) is 5.75 Å². The van der Waals surface area contributed by atoms with Crippen molar-refractivity contribution in [1.82, 2.24) is 14.8 Å². The third-order valence-electron chi connectivity index (χ3n) is 3.78. The van der Waals surface area contributed by atoms with Crippen molar-refractivity contribution in [2.24, 2.45) is 7.05 Å². The maximum absolute atomic E-state index is 12.8. The molecule has 2 aromatic carbocycles. The van der Waals surface area contributed by atoms with Crippen LogP contribution in [0.25, 0.3) is 11.4 Å². The molecular weight excluding hydrogens is 372 g/mol. The number of aryl methyl sites for hydroxylation is 1. The van der Waals surface area contributed by atoms with E-state index >= 15 is 0 Å². The maximum atomic E-state index is 12.8. The summed E-state index contributed by atoms with van der Waals surface area (Å²) in [7, 11) is -1.01. The normalized spacial score (nSPS) is 11.2. The van der Waals surface area contributed by atoms with Crippen LogP contribution in [-0.2, 0) is 17.1 Å². The van der Waals surface area contributed by atoms with Crippen LogP contribution >= 0.6 is 0 Å². The number of sulfonamides is 1. The van der Waals surface area contributed by atoms with Crippen molar-refractivity contribution in [3.05, 3.63) is 54.4 Å². The van der Waals surface area contributed by atoms with Gasteiger partial charge >= 0.3 is 5.97 Å². The van der Waals surface area contributed by atoms with E-state index in [9.17, 15) is 13.2 Å². The molecule has 0 saturated carbocycles. The highest BCUT2D eigenvalue weighted by Crippen LogP contribution is 2.28. The predicted octanol–water partition coefficient (Wildman–Crippen LogP) is 1.99. The first-order valence-electron chi connectivity index (χ1n) is 7.70. The number of rotatable bonds is 6. The number of carboxylic acids is 1. The summed E-state index contributed by atoms with van der Waals surface area (Å²) >= 11 is 0. The average Bonchev–Trinajstić information content (AvgIpc) is 3.07. The van der Waals surface area contributed by atoms with Gasteiger partial charge in [-0.25, -0.2) is 13.2 Å². The lowest BCUT2D eigenvalue weighted by Crippen LogP contribution is -2.15. The zero-order valence-electron chi connectivity index (χ0n) is 14.4. The van der Waals surface area contributed by atoms with Gasteiger partial charge in [0.2, 0.25) is 0 Å². The molecule has 9 nitrogen and oxygen atoms in total. The van der Waals surface area contributed by atoms with E-state index in [2.05, 4.69) is 14.9 Å². The molecule has 3 aromatic rings. The molecule has 1 heterocycles. The third kappa shape index (κ3) is 3.75. The van der Waals surface area contributed by atoms with Crippen molar-refractivity contribution in [3.63, 3.8) is 0 Å². The quantitative estimate of drug-likeness (QED) is 0.662. The number of benzene rings is 2. The lowest BCUT2D eigenvalue weighted by molar-refractivity contribution is 0.0696.